The highest BCUT2D eigenvalue weighted by atomic mass is 127. The molecule has 0 radical (unpaired) electrons. The van der Waals surface area contributed by atoms with Crippen molar-refractivity contribution in [2.75, 3.05) is 0 Å². The van der Waals surface area contributed by atoms with Crippen LogP contribution in [0.25, 0.3) is 0 Å². The highest BCUT2D eigenvalue weighted by Crippen LogP contribution is 2.28. The molecule has 0 aromatic heterocycles. The molecule has 102 valence electrons. The standard InChI is InChI=1S/C15H12INO3/c16-14(11-4-2-1-3-5-11)10-15(18)12-6-8-13(9-7-12)17(19)20/h1-9,14H,10H2. The molecule has 2 aromatic rings. The number of halogens is 1. The van der Waals surface area contributed by atoms with Gasteiger partial charge in [0.25, 0.3) is 5.69 Å². The molecule has 5 heteroatoms. The van der Waals surface area contributed by atoms with Crippen molar-refractivity contribution >= 4 is 34.1 Å². The first-order valence-corrected chi connectivity index (χ1v) is 7.29. The highest BCUT2D eigenvalue weighted by Gasteiger charge is 2.15. The van der Waals surface area contributed by atoms with Crippen LogP contribution in [0.2, 0.25) is 0 Å². The van der Waals surface area contributed by atoms with Crippen molar-refractivity contribution in [1.82, 2.24) is 0 Å². The number of carbonyl (C=O) groups excluding carboxylic acids is 1. The zero-order valence-electron chi connectivity index (χ0n) is 10.5. The number of hydrogen-bond donors (Lipinski definition) is 0. The van der Waals surface area contributed by atoms with Crippen LogP contribution in [0.1, 0.15) is 26.3 Å². The first-order chi connectivity index (χ1) is 9.58. The van der Waals surface area contributed by atoms with Gasteiger partial charge in [0, 0.05) is 28.0 Å². The minimum atomic E-state index is -0.473. The smallest absolute Gasteiger partial charge is 0.269 e. The Morgan fingerprint density at radius 3 is 2.25 bits per heavy atom. The summed E-state index contributed by atoms with van der Waals surface area (Å²) in [6, 6.07) is 15.5. The van der Waals surface area contributed by atoms with E-state index in [1.165, 1.54) is 24.3 Å². The van der Waals surface area contributed by atoms with E-state index in [1.54, 1.807) is 0 Å². The normalized spacial score (nSPS) is 11.8. The zero-order valence-corrected chi connectivity index (χ0v) is 12.7. The SMILES string of the molecule is O=C(CC(I)c1ccccc1)c1ccc([N+](=O)[O-])cc1. The van der Waals surface area contributed by atoms with Crippen molar-refractivity contribution in [3.63, 3.8) is 0 Å². The summed E-state index contributed by atoms with van der Waals surface area (Å²) in [6.45, 7) is 0. The van der Waals surface area contributed by atoms with E-state index in [0.29, 0.717) is 12.0 Å². The molecule has 4 nitrogen and oxygen atoms in total. The number of non-ortho nitro benzene ring substituents is 1. The number of nitro benzene ring substituents is 1. The summed E-state index contributed by atoms with van der Waals surface area (Å²) in [7, 11) is 0. The first kappa shape index (κ1) is 14.6. The van der Waals surface area contributed by atoms with Crippen molar-refractivity contribution in [2.45, 2.75) is 10.3 Å². The Kier molecular flexibility index (Phi) is 4.84. The molecule has 0 fully saturated rings. The summed E-state index contributed by atoms with van der Waals surface area (Å²) in [5, 5.41) is 10.6. The van der Waals surface area contributed by atoms with Crippen molar-refractivity contribution in [2.24, 2.45) is 0 Å². The minimum Gasteiger partial charge on any atom is -0.294 e. The largest absolute Gasteiger partial charge is 0.294 e. The van der Waals surface area contributed by atoms with Crippen LogP contribution < -0.4 is 0 Å². The van der Waals surface area contributed by atoms with Gasteiger partial charge in [-0.05, 0) is 17.7 Å². The molecule has 0 heterocycles. The third-order valence-electron chi connectivity index (χ3n) is 2.93. The van der Waals surface area contributed by atoms with Gasteiger partial charge in [0.05, 0.1) is 4.92 Å². The Balaban J connectivity index is 2.06. The number of rotatable bonds is 5. The molecular formula is C15H12INO3. The van der Waals surface area contributed by atoms with Crippen molar-refractivity contribution in [1.29, 1.82) is 0 Å². The monoisotopic (exact) mass is 381 g/mol. The van der Waals surface area contributed by atoms with Gasteiger partial charge in [-0.1, -0.05) is 52.9 Å². The maximum atomic E-state index is 12.1. The number of nitro groups is 1. The maximum Gasteiger partial charge on any atom is 0.269 e. The molecule has 0 N–H and O–H groups in total. The van der Waals surface area contributed by atoms with E-state index in [4.69, 9.17) is 0 Å². The van der Waals surface area contributed by atoms with Crippen LogP contribution in [0.5, 0.6) is 0 Å². The lowest BCUT2D eigenvalue weighted by Crippen LogP contribution is -2.03. The van der Waals surface area contributed by atoms with Crippen molar-refractivity contribution in [3.05, 3.63) is 75.8 Å². The number of Topliss-reactive ketones (excluding diaryl/α,β-unsaturated/α-hetero) is 1. The van der Waals surface area contributed by atoms with Gasteiger partial charge in [-0.3, -0.25) is 14.9 Å². The lowest BCUT2D eigenvalue weighted by molar-refractivity contribution is -0.384. The molecule has 0 aliphatic rings. The average molecular weight is 381 g/mol. The van der Waals surface area contributed by atoms with Crippen LogP contribution in [0.4, 0.5) is 5.69 Å². The van der Waals surface area contributed by atoms with Crippen LogP contribution in [-0.2, 0) is 0 Å². The minimum absolute atomic E-state index is 0.00404. The number of ketones is 1. The second-order valence-electron chi connectivity index (χ2n) is 4.31. The summed E-state index contributed by atoms with van der Waals surface area (Å²) in [5.74, 6) is -0.0110. The lowest BCUT2D eigenvalue weighted by atomic mass is 10.0. The average Bonchev–Trinajstić information content (AvgIpc) is 2.48. The topological polar surface area (TPSA) is 60.2 Å². The molecule has 0 aliphatic carbocycles. The molecule has 2 aromatic carbocycles. The molecule has 2 rings (SSSR count). The van der Waals surface area contributed by atoms with Gasteiger partial charge >= 0.3 is 0 Å². The molecule has 0 bridgehead atoms. The van der Waals surface area contributed by atoms with Crippen LogP contribution in [-0.4, -0.2) is 10.7 Å². The van der Waals surface area contributed by atoms with Gasteiger partial charge in [-0.2, -0.15) is 0 Å². The van der Waals surface area contributed by atoms with Gasteiger partial charge in [0.15, 0.2) is 5.78 Å². The zero-order chi connectivity index (χ0) is 14.5. The van der Waals surface area contributed by atoms with E-state index in [9.17, 15) is 14.9 Å². The second kappa shape index (κ2) is 6.60. The summed E-state index contributed by atoms with van der Waals surface area (Å²) in [6.07, 6.45) is 0.377. The van der Waals surface area contributed by atoms with E-state index in [2.05, 4.69) is 22.6 Å². The Labute approximate surface area is 130 Å². The van der Waals surface area contributed by atoms with Crippen molar-refractivity contribution < 1.29 is 9.72 Å². The Morgan fingerprint density at radius 1 is 1.10 bits per heavy atom. The maximum absolute atomic E-state index is 12.1. The molecular weight excluding hydrogens is 369 g/mol. The van der Waals surface area contributed by atoms with Gasteiger partial charge < -0.3 is 0 Å². The molecule has 0 amide bonds. The predicted octanol–water partition coefficient (Wildman–Crippen LogP) is 4.34. The number of benzene rings is 2. The lowest BCUT2D eigenvalue weighted by Gasteiger charge is -2.09. The van der Waals surface area contributed by atoms with E-state index in [-0.39, 0.29) is 15.4 Å². The third kappa shape index (κ3) is 3.63. The van der Waals surface area contributed by atoms with Gasteiger partial charge in [0.2, 0.25) is 0 Å². The van der Waals surface area contributed by atoms with E-state index in [0.717, 1.165) is 5.56 Å². The number of hydrogen-bond acceptors (Lipinski definition) is 3. The third-order valence-corrected chi connectivity index (χ3v) is 4.09. The van der Waals surface area contributed by atoms with Gasteiger partial charge in [-0.15, -0.1) is 0 Å². The van der Waals surface area contributed by atoms with Gasteiger partial charge in [0.1, 0.15) is 0 Å². The first-order valence-electron chi connectivity index (χ1n) is 6.04. The molecule has 1 atom stereocenters. The Bertz CT molecular complexity index is 611. The van der Waals surface area contributed by atoms with E-state index < -0.39 is 4.92 Å². The molecule has 1 unspecified atom stereocenters. The predicted molar refractivity (Wildman–Crippen MR) is 85.2 cm³/mol. The summed E-state index contributed by atoms with van der Waals surface area (Å²) in [5.41, 5.74) is 1.60. The number of nitrogens with zero attached hydrogens (tertiary/aromatic N) is 1. The summed E-state index contributed by atoms with van der Waals surface area (Å²) < 4.78 is 0.0940. The molecule has 20 heavy (non-hydrogen) atoms. The van der Waals surface area contributed by atoms with Crippen molar-refractivity contribution in [3.8, 4) is 0 Å². The summed E-state index contributed by atoms with van der Waals surface area (Å²) >= 11 is 2.24. The van der Waals surface area contributed by atoms with Crippen LogP contribution in [0, 0.1) is 10.1 Å². The highest BCUT2D eigenvalue weighted by molar-refractivity contribution is 14.1. The number of carbonyl (C=O) groups is 1. The molecule has 0 saturated carbocycles. The number of alkyl halides is 1. The van der Waals surface area contributed by atoms with E-state index >= 15 is 0 Å². The van der Waals surface area contributed by atoms with E-state index in [1.807, 2.05) is 30.3 Å². The second-order valence-corrected chi connectivity index (χ2v) is 5.81. The molecule has 0 saturated heterocycles. The fraction of sp³-hybridized carbons (Fsp3) is 0.133. The van der Waals surface area contributed by atoms with Crippen LogP contribution >= 0.6 is 22.6 Å². The quantitative estimate of drug-likeness (QED) is 0.255. The molecule has 0 aliphatic heterocycles. The fourth-order valence-electron chi connectivity index (χ4n) is 1.83. The summed E-state index contributed by atoms with van der Waals surface area (Å²) in [4.78, 5) is 22.2. The Hall–Kier alpha value is -1.76. The van der Waals surface area contributed by atoms with Crippen LogP contribution in [0.15, 0.2) is 54.6 Å². The Morgan fingerprint density at radius 2 is 1.70 bits per heavy atom. The van der Waals surface area contributed by atoms with Gasteiger partial charge in [-0.25, -0.2) is 0 Å². The molecule has 0 spiro atoms. The van der Waals surface area contributed by atoms with Crippen LogP contribution in [0.3, 0.4) is 0 Å². The fourth-order valence-corrected chi connectivity index (χ4v) is 2.64.